The zero-order valence-corrected chi connectivity index (χ0v) is 14.3. The first-order chi connectivity index (χ1) is 10.6. The third-order valence-electron chi connectivity index (χ3n) is 2.95. The fraction of sp³-hybridized carbons (Fsp3) is 0.333. The maximum Gasteiger partial charge on any atom is 0.350 e. The minimum Gasteiger partial charge on any atom is -0.496 e. The Bertz CT molecular complexity index is 692. The topological polar surface area (TPSA) is 68.6 Å². The number of benzene rings is 1. The lowest BCUT2D eigenvalue weighted by molar-refractivity contribution is -0.138. The first kappa shape index (κ1) is 16.6. The molecule has 0 aliphatic carbocycles. The SMILES string of the molecule is CCOC(=O)/C(C#N)=C1\Sc2c(OC)cc(C)c(OC)c2S1. The Morgan fingerprint density at radius 2 is 1.95 bits per heavy atom. The van der Waals surface area contributed by atoms with Crippen LogP contribution in [0, 0.1) is 18.3 Å². The number of nitriles is 1. The molecule has 2 rings (SSSR count). The molecular weight excluding hydrogens is 322 g/mol. The third kappa shape index (κ3) is 2.89. The number of ether oxygens (including phenoxy) is 3. The van der Waals surface area contributed by atoms with Gasteiger partial charge in [-0.15, -0.1) is 0 Å². The Kier molecular flexibility index (Phi) is 5.27. The standard InChI is InChI=1S/C15H15NO4S2/c1-5-20-14(17)9(7-16)15-21-12-10(18-3)6-8(2)11(19-4)13(12)22-15/h6H,5H2,1-4H3/b15-9+. The number of carbonyl (C=O) groups excluding carboxylic acids is 1. The predicted octanol–water partition coefficient (Wildman–Crippen LogP) is 3.51. The van der Waals surface area contributed by atoms with E-state index in [1.807, 2.05) is 19.1 Å². The molecule has 1 aliphatic rings. The summed E-state index contributed by atoms with van der Waals surface area (Å²) < 4.78 is 16.4. The lowest BCUT2D eigenvalue weighted by Crippen LogP contribution is -2.07. The predicted molar refractivity (Wildman–Crippen MR) is 85.3 cm³/mol. The minimum absolute atomic E-state index is 0.00908. The summed E-state index contributed by atoms with van der Waals surface area (Å²) in [5.41, 5.74) is 0.942. The maximum absolute atomic E-state index is 11.9. The van der Waals surface area contributed by atoms with Crippen molar-refractivity contribution in [2.45, 2.75) is 23.6 Å². The van der Waals surface area contributed by atoms with Crippen LogP contribution in [0.4, 0.5) is 0 Å². The molecule has 0 radical (unpaired) electrons. The summed E-state index contributed by atoms with van der Waals surface area (Å²) in [4.78, 5) is 13.6. The van der Waals surface area contributed by atoms with Crippen LogP contribution in [0.15, 0.2) is 25.7 Å². The highest BCUT2D eigenvalue weighted by atomic mass is 32.2. The van der Waals surface area contributed by atoms with Crippen LogP contribution < -0.4 is 9.47 Å². The van der Waals surface area contributed by atoms with Gasteiger partial charge in [0.1, 0.15) is 17.6 Å². The van der Waals surface area contributed by atoms with Crippen LogP contribution in [-0.4, -0.2) is 26.8 Å². The maximum atomic E-state index is 11.9. The van der Waals surface area contributed by atoms with E-state index in [2.05, 4.69) is 0 Å². The zero-order chi connectivity index (χ0) is 16.3. The molecule has 0 spiro atoms. The molecule has 0 fully saturated rings. The van der Waals surface area contributed by atoms with Gasteiger partial charge < -0.3 is 14.2 Å². The van der Waals surface area contributed by atoms with Crippen LogP contribution in [0.3, 0.4) is 0 Å². The van der Waals surface area contributed by atoms with E-state index < -0.39 is 5.97 Å². The van der Waals surface area contributed by atoms with Gasteiger partial charge >= 0.3 is 5.97 Å². The lowest BCUT2D eigenvalue weighted by atomic mass is 10.2. The van der Waals surface area contributed by atoms with Crippen molar-refractivity contribution in [3.05, 3.63) is 21.4 Å². The molecule has 0 atom stereocenters. The van der Waals surface area contributed by atoms with Gasteiger partial charge in [0, 0.05) is 0 Å². The number of carbonyl (C=O) groups is 1. The number of esters is 1. The van der Waals surface area contributed by atoms with E-state index in [1.165, 1.54) is 23.5 Å². The van der Waals surface area contributed by atoms with Crippen molar-refractivity contribution in [3.8, 4) is 17.6 Å². The highest BCUT2D eigenvalue weighted by Gasteiger charge is 2.31. The Balaban J connectivity index is 2.53. The summed E-state index contributed by atoms with van der Waals surface area (Å²) in [6, 6.07) is 3.81. The van der Waals surface area contributed by atoms with Crippen LogP contribution in [0.1, 0.15) is 12.5 Å². The van der Waals surface area contributed by atoms with Gasteiger partial charge in [0.2, 0.25) is 0 Å². The summed E-state index contributed by atoms with van der Waals surface area (Å²) in [5, 5.41) is 9.27. The summed E-state index contributed by atoms with van der Waals surface area (Å²) in [7, 11) is 3.18. The third-order valence-corrected chi connectivity index (χ3v) is 5.56. The van der Waals surface area contributed by atoms with E-state index in [0.29, 0.717) is 9.99 Å². The first-order valence-corrected chi connectivity index (χ1v) is 8.13. The fourth-order valence-corrected chi connectivity index (χ4v) is 4.71. The number of hydrogen-bond donors (Lipinski definition) is 0. The van der Waals surface area contributed by atoms with Crippen molar-refractivity contribution < 1.29 is 19.0 Å². The van der Waals surface area contributed by atoms with Gasteiger partial charge in [-0.25, -0.2) is 4.79 Å². The molecule has 22 heavy (non-hydrogen) atoms. The number of hydrogen-bond acceptors (Lipinski definition) is 7. The van der Waals surface area contributed by atoms with E-state index in [1.54, 1.807) is 21.1 Å². The van der Waals surface area contributed by atoms with Crippen LogP contribution in [0.25, 0.3) is 0 Å². The molecule has 1 heterocycles. The first-order valence-electron chi connectivity index (χ1n) is 6.50. The molecule has 0 saturated carbocycles. The van der Waals surface area contributed by atoms with E-state index in [9.17, 15) is 10.1 Å². The Morgan fingerprint density at radius 3 is 2.50 bits per heavy atom. The van der Waals surface area contributed by atoms with Crippen LogP contribution >= 0.6 is 23.5 Å². The van der Waals surface area contributed by atoms with Crippen LogP contribution in [-0.2, 0) is 9.53 Å². The average Bonchev–Trinajstić information content (AvgIpc) is 2.92. The van der Waals surface area contributed by atoms with Crippen molar-refractivity contribution in [1.29, 1.82) is 5.26 Å². The second-order valence-corrected chi connectivity index (χ2v) is 6.59. The molecule has 0 N–H and O–H groups in total. The smallest absolute Gasteiger partial charge is 0.350 e. The van der Waals surface area contributed by atoms with Crippen molar-refractivity contribution in [2.75, 3.05) is 20.8 Å². The molecule has 1 aromatic carbocycles. The summed E-state index contributed by atoms with van der Waals surface area (Å²) in [5.74, 6) is 0.814. The molecule has 0 unspecified atom stereocenters. The van der Waals surface area contributed by atoms with E-state index in [-0.39, 0.29) is 12.2 Å². The van der Waals surface area contributed by atoms with E-state index in [0.717, 1.165) is 21.1 Å². The number of thioether (sulfide) groups is 2. The van der Waals surface area contributed by atoms with Crippen LogP contribution in [0.2, 0.25) is 0 Å². The van der Waals surface area contributed by atoms with Crippen molar-refractivity contribution >= 4 is 29.5 Å². The largest absolute Gasteiger partial charge is 0.496 e. The quantitative estimate of drug-likeness (QED) is 0.473. The molecule has 7 heteroatoms. The van der Waals surface area contributed by atoms with Crippen LogP contribution in [0.5, 0.6) is 11.5 Å². The van der Waals surface area contributed by atoms with Gasteiger partial charge in [-0.2, -0.15) is 5.26 Å². The highest BCUT2D eigenvalue weighted by Crippen LogP contribution is 2.59. The number of methoxy groups -OCH3 is 2. The highest BCUT2D eigenvalue weighted by molar-refractivity contribution is 8.24. The van der Waals surface area contributed by atoms with Gasteiger partial charge in [0.25, 0.3) is 0 Å². The summed E-state index contributed by atoms with van der Waals surface area (Å²) >= 11 is 2.66. The van der Waals surface area contributed by atoms with Gasteiger partial charge in [-0.3, -0.25) is 0 Å². The minimum atomic E-state index is -0.609. The van der Waals surface area contributed by atoms with Crippen molar-refractivity contribution in [2.24, 2.45) is 0 Å². The number of aryl methyl sites for hydroxylation is 1. The van der Waals surface area contributed by atoms with Gasteiger partial charge in [0.15, 0.2) is 5.57 Å². The Morgan fingerprint density at radius 1 is 1.27 bits per heavy atom. The number of nitrogens with zero attached hydrogens (tertiary/aromatic N) is 1. The van der Waals surface area contributed by atoms with Gasteiger partial charge in [-0.05, 0) is 25.5 Å². The average molecular weight is 337 g/mol. The lowest BCUT2D eigenvalue weighted by Gasteiger charge is -2.12. The van der Waals surface area contributed by atoms with Gasteiger partial charge in [0.05, 0.1) is 34.9 Å². The Hall–Kier alpha value is -1.78. The summed E-state index contributed by atoms with van der Waals surface area (Å²) in [6.45, 7) is 3.85. The van der Waals surface area contributed by atoms with Crippen molar-refractivity contribution in [1.82, 2.24) is 0 Å². The molecule has 5 nitrogen and oxygen atoms in total. The second kappa shape index (κ2) is 6.99. The normalized spacial score (nSPS) is 14.9. The van der Waals surface area contributed by atoms with E-state index >= 15 is 0 Å². The van der Waals surface area contributed by atoms with Crippen molar-refractivity contribution in [3.63, 3.8) is 0 Å². The molecule has 0 saturated heterocycles. The Labute approximate surface area is 137 Å². The molecule has 0 amide bonds. The van der Waals surface area contributed by atoms with Gasteiger partial charge in [-0.1, -0.05) is 23.5 Å². The zero-order valence-electron chi connectivity index (χ0n) is 12.7. The molecule has 116 valence electrons. The second-order valence-electron chi connectivity index (χ2n) is 4.29. The number of fused-ring (bicyclic) bond motifs is 1. The fourth-order valence-electron chi connectivity index (χ4n) is 2.00. The molecular formula is C15H15NO4S2. The molecule has 1 aliphatic heterocycles. The van der Waals surface area contributed by atoms with E-state index in [4.69, 9.17) is 14.2 Å². The monoisotopic (exact) mass is 337 g/mol. The molecule has 0 bridgehead atoms. The molecule has 0 aromatic heterocycles. The molecule has 1 aromatic rings. The number of rotatable bonds is 4. The summed E-state index contributed by atoms with van der Waals surface area (Å²) in [6.07, 6.45) is 0.